The van der Waals surface area contributed by atoms with Crippen LogP contribution in [0, 0.1) is 0 Å². The normalized spacial score (nSPS) is 10.6. The van der Waals surface area contributed by atoms with Crippen molar-refractivity contribution in [1.29, 1.82) is 0 Å². The number of hydrogen-bond donors (Lipinski definition) is 1. The second-order valence-corrected chi connectivity index (χ2v) is 4.32. The predicted octanol–water partition coefficient (Wildman–Crippen LogP) is 1.51. The summed E-state index contributed by atoms with van der Waals surface area (Å²) in [4.78, 5) is 4.17. The molecule has 0 bridgehead atoms. The Bertz CT molecular complexity index is 554. The molecule has 6 heteroatoms. The number of methoxy groups -OCH3 is 1. The van der Waals surface area contributed by atoms with Gasteiger partial charge in [0.25, 0.3) is 0 Å². The largest absolute Gasteiger partial charge is 0.493 e. The van der Waals surface area contributed by atoms with Gasteiger partial charge in [-0.1, -0.05) is 12.1 Å². The molecule has 0 fully saturated rings. The summed E-state index contributed by atoms with van der Waals surface area (Å²) in [5.41, 5.74) is 1.05. The summed E-state index contributed by atoms with van der Waals surface area (Å²) in [5.74, 6) is 2.31. The van der Waals surface area contributed by atoms with Gasteiger partial charge < -0.3 is 14.8 Å². The van der Waals surface area contributed by atoms with Crippen molar-refractivity contribution in [2.24, 2.45) is 7.05 Å². The third-order valence-electron chi connectivity index (χ3n) is 2.81. The van der Waals surface area contributed by atoms with Crippen molar-refractivity contribution >= 4 is 0 Å². The van der Waals surface area contributed by atoms with Gasteiger partial charge in [0.05, 0.1) is 20.3 Å². The number of aryl methyl sites for hydroxylation is 1. The van der Waals surface area contributed by atoms with E-state index in [2.05, 4.69) is 15.4 Å². The molecule has 0 spiro atoms. The van der Waals surface area contributed by atoms with E-state index < -0.39 is 0 Å². The van der Waals surface area contributed by atoms with Gasteiger partial charge in [-0.2, -0.15) is 5.10 Å². The third-order valence-corrected chi connectivity index (χ3v) is 2.81. The quantitative estimate of drug-likeness (QED) is 0.830. The van der Waals surface area contributed by atoms with Crippen molar-refractivity contribution < 1.29 is 9.47 Å². The number of hydrogen-bond acceptors (Lipinski definition) is 5. The van der Waals surface area contributed by atoms with Gasteiger partial charge in [-0.25, -0.2) is 4.98 Å². The SMILES string of the molecule is CCOc1cccc(CNCc2ncn(C)n2)c1OC. The van der Waals surface area contributed by atoms with Crippen molar-refractivity contribution in [3.05, 3.63) is 35.9 Å². The Balaban J connectivity index is 1.99. The molecule has 1 heterocycles. The maximum absolute atomic E-state index is 5.56. The summed E-state index contributed by atoms with van der Waals surface area (Å²) in [6, 6.07) is 5.88. The van der Waals surface area contributed by atoms with E-state index in [-0.39, 0.29) is 0 Å². The van der Waals surface area contributed by atoms with Gasteiger partial charge in [0.2, 0.25) is 0 Å². The van der Waals surface area contributed by atoms with Crippen molar-refractivity contribution in [2.75, 3.05) is 13.7 Å². The first-order valence-electron chi connectivity index (χ1n) is 6.58. The van der Waals surface area contributed by atoms with Crippen molar-refractivity contribution in [3.8, 4) is 11.5 Å². The predicted molar refractivity (Wildman–Crippen MR) is 75.7 cm³/mol. The number of aromatic nitrogens is 3. The number of rotatable bonds is 7. The van der Waals surface area contributed by atoms with Crippen LogP contribution in [0.2, 0.25) is 0 Å². The monoisotopic (exact) mass is 276 g/mol. The van der Waals surface area contributed by atoms with E-state index in [0.29, 0.717) is 19.7 Å². The number of benzene rings is 1. The molecule has 1 N–H and O–H groups in total. The molecule has 0 aliphatic carbocycles. The molecular formula is C14H20N4O2. The summed E-state index contributed by atoms with van der Waals surface area (Å²) >= 11 is 0. The Hall–Kier alpha value is -2.08. The lowest BCUT2D eigenvalue weighted by atomic mass is 10.2. The fourth-order valence-corrected chi connectivity index (χ4v) is 1.98. The smallest absolute Gasteiger partial charge is 0.165 e. The second-order valence-electron chi connectivity index (χ2n) is 4.32. The van der Waals surface area contributed by atoms with Crippen LogP contribution in [0.3, 0.4) is 0 Å². The lowest BCUT2D eigenvalue weighted by Gasteiger charge is -2.13. The molecule has 0 aliphatic heterocycles. The summed E-state index contributed by atoms with van der Waals surface area (Å²) in [7, 11) is 3.51. The Kier molecular flexibility index (Phi) is 4.95. The van der Waals surface area contributed by atoms with Crippen LogP contribution in [0.25, 0.3) is 0 Å². The first-order chi connectivity index (χ1) is 9.74. The fraction of sp³-hybridized carbons (Fsp3) is 0.429. The highest BCUT2D eigenvalue weighted by Crippen LogP contribution is 2.30. The molecule has 0 amide bonds. The topological polar surface area (TPSA) is 61.2 Å². The number of nitrogens with zero attached hydrogens (tertiary/aromatic N) is 3. The van der Waals surface area contributed by atoms with Gasteiger partial charge in [-0.15, -0.1) is 0 Å². The molecule has 0 saturated carbocycles. The minimum absolute atomic E-state index is 0.614. The first kappa shape index (κ1) is 14.3. The molecule has 0 aliphatic rings. The second kappa shape index (κ2) is 6.91. The molecule has 0 saturated heterocycles. The average Bonchev–Trinajstić information content (AvgIpc) is 2.85. The van der Waals surface area contributed by atoms with Crippen molar-refractivity contribution in [2.45, 2.75) is 20.0 Å². The molecule has 0 radical (unpaired) electrons. The van der Waals surface area contributed by atoms with E-state index in [0.717, 1.165) is 22.9 Å². The van der Waals surface area contributed by atoms with Crippen LogP contribution in [-0.4, -0.2) is 28.5 Å². The molecular weight excluding hydrogens is 256 g/mol. The van der Waals surface area contributed by atoms with E-state index in [1.54, 1.807) is 18.1 Å². The van der Waals surface area contributed by atoms with Crippen LogP contribution in [0.5, 0.6) is 11.5 Å². The van der Waals surface area contributed by atoms with Crippen molar-refractivity contribution in [1.82, 2.24) is 20.1 Å². The van der Waals surface area contributed by atoms with Gasteiger partial charge in [0.15, 0.2) is 17.3 Å². The highest BCUT2D eigenvalue weighted by Gasteiger charge is 2.09. The van der Waals surface area contributed by atoms with E-state index >= 15 is 0 Å². The molecule has 6 nitrogen and oxygen atoms in total. The van der Waals surface area contributed by atoms with Crippen LogP contribution in [0.15, 0.2) is 24.5 Å². The maximum atomic E-state index is 5.56. The van der Waals surface area contributed by atoms with E-state index in [1.165, 1.54) is 0 Å². The number of para-hydroxylation sites is 1. The summed E-state index contributed by atoms with van der Waals surface area (Å²) in [6.45, 7) is 3.85. The number of nitrogens with one attached hydrogen (secondary N) is 1. The zero-order valence-electron chi connectivity index (χ0n) is 12.1. The average molecular weight is 276 g/mol. The van der Waals surface area contributed by atoms with Gasteiger partial charge in [-0.3, -0.25) is 4.68 Å². The highest BCUT2D eigenvalue weighted by atomic mass is 16.5. The minimum atomic E-state index is 0.614. The van der Waals surface area contributed by atoms with Crippen LogP contribution in [-0.2, 0) is 20.1 Å². The Morgan fingerprint density at radius 1 is 1.30 bits per heavy atom. The Morgan fingerprint density at radius 3 is 2.80 bits per heavy atom. The third kappa shape index (κ3) is 3.48. The Morgan fingerprint density at radius 2 is 2.15 bits per heavy atom. The molecule has 1 aromatic heterocycles. The zero-order chi connectivity index (χ0) is 14.4. The van der Waals surface area contributed by atoms with Gasteiger partial charge in [0.1, 0.15) is 6.33 Å². The molecule has 108 valence electrons. The van der Waals surface area contributed by atoms with Crippen LogP contribution in [0.1, 0.15) is 18.3 Å². The standard InChI is InChI=1S/C14H20N4O2/c1-4-20-12-7-5-6-11(14(12)19-3)8-15-9-13-16-10-18(2)17-13/h5-7,10,15H,4,8-9H2,1-3H3. The number of ether oxygens (including phenoxy) is 2. The fourth-order valence-electron chi connectivity index (χ4n) is 1.98. The van der Waals surface area contributed by atoms with E-state index in [9.17, 15) is 0 Å². The maximum Gasteiger partial charge on any atom is 0.165 e. The molecule has 0 atom stereocenters. The van der Waals surface area contributed by atoms with Crippen LogP contribution < -0.4 is 14.8 Å². The molecule has 2 rings (SSSR count). The lowest BCUT2D eigenvalue weighted by Crippen LogP contribution is -2.15. The van der Waals surface area contributed by atoms with E-state index in [1.807, 2.05) is 32.2 Å². The van der Waals surface area contributed by atoms with Crippen LogP contribution >= 0.6 is 0 Å². The van der Waals surface area contributed by atoms with Gasteiger partial charge in [-0.05, 0) is 13.0 Å². The minimum Gasteiger partial charge on any atom is -0.493 e. The first-order valence-corrected chi connectivity index (χ1v) is 6.58. The van der Waals surface area contributed by atoms with Gasteiger partial charge in [0, 0.05) is 19.2 Å². The summed E-state index contributed by atoms with van der Waals surface area (Å²) in [6.07, 6.45) is 1.69. The van der Waals surface area contributed by atoms with Crippen LogP contribution in [0.4, 0.5) is 0 Å². The summed E-state index contributed by atoms with van der Waals surface area (Å²) < 4.78 is 12.7. The van der Waals surface area contributed by atoms with E-state index in [4.69, 9.17) is 9.47 Å². The zero-order valence-corrected chi connectivity index (χ0v) is 12.1. The molecule has 1 aromatic carbocycles. The summed E-state index contributed by atoms with van der Waals surface area (Å²) in [5, 5.41) is 7.52. The highest BCUT2D eigenvalue weighted by molar-refractivity contribution is 5.46. The Labute approximate surface area is 118 Å². The lowest BCUT2D eigenvalue weighted by molar-refractivity contribution is 0.308. The molecule has 20 heavy (non-hydrogen) atoms. The van der Waals surface area contributed by atoms with Gasteiger partial charge >= 0.3 is 0 Å². The molecule has 0 unspecified atom stereocenters. The van der Waals surface area contributed by atoms with Crippen molar-refractivity contribution in [3.63, 3.8) is 0 Å². The molecule has 2 aromatic rings.